The Morgan fingerprint density at radius 1 is 1.04 bits per heavy atom. The van der Waals surface area contributed by atoms with E-state index in [2.05, 4.69) is 21.3 Å². The van der Waals surface area contributed by atoms with E-state index in [-0.39, 0.29) is 42.1 Å². The van der Waals surface area contributed by atoms with Gasteiger partial charge in [0.2, 0.25) is 5.90 Å². The number of likely N-dealkylation sites (tertiary alicyclic amines) is 1. The van der Waals surface area contributed by atoms with Crippen LogP contribution >= 0.6 is 0 Å². The van der Waals surface area contributed by atoms with E-state index < -0.39 is 11.6 Å². The number of piperidine rings is 2. The molecule has 1 amide bonds. The lowest BCUT2D eigenvalue weighted by atomic mass is 9.98. The average Bonchev–Trinajstić information content (AvgIpc) is 3.08. The van der Waals surface area contributed by atoms with Crippen LogP contribution in [0.2, 0.25) is 0 Å². The molecule has 0 saturated carbocycles. The number of benzene rings is 1. The number of carbonyl (C=O) groups is 2. The molecule has 3 aromatic rings. The van der Waals surface area contributed by atoms with E-state index in [0.29, 0.717) is 48.3 Å². The third-order valence-electron chi connectivity index (χ3n) is 8.21. The summed E-state index contributed by atoms with van der Waals surface area (Å²) >= 11 is 0. The van der Waals surface area contributed by atoms with E-state index in [1.165, 1.54) is 0 Å². The second-order valence-corrected chi connectivity index (χ2v) is 12.9. The third kappa shape index (κ3) is 8.59. The van der Waals surface area contributed by atoms with Gasteiger partial charge in [0.05, 0.1) is 18.2 Å². The molecule has 0 atom stereocenters. The fourth-order valence-electron chi connectivity index (χ4n) is 5.74. The first kappa shape index (κ1) is 34.2. The summed E-state index contributed by atoms with van der Waals surface area (Å²) in [4.78, 5) is 38.8. The standard InChI is InChI=1S/C36H43N7O5/c1-5-46-34(44)29-21-28(25-11-12-30(39-23-25)42-17-13-24(22-37)14-18-42)31(33(41-29)40-26-9-7-6-8-10-26)32(38)47-27-15-19-43(20-16-27)35(45)48-36(2,3)4/h6-12,21,23-24,27,38H,5,13-20H2,1-4H3,(H,40,41). The molecule has 12 heteroatoms. The van der Waals surface area contributed by atoms with Crippen molar-refractivity contribution in [2.24, 2.45) is 5.92 Å². The summed E-state index contributed by atoms with van der Waals surface area (Å²) in [5.41, 5.74) is 1.77. The maximum absolute atomic E-state index is 13.0. The molecule has 2 N–H and O–H groups in total. The average molecular weight is 654 g/mol. The van der Waals surface area contributed by atoms with Gasteiger partial charge in [-0.1, -0.05) is 18.2 Å². The Morgan fingerprint density at radius 3 is 2.35 bits per heavy atom. The highest BCUT2D eigenvalue weighted by atomic mass is 16.6. The van der Waals surface area contributed by atoms with Crippen LogP contribution in [0.25, 0.3) is 11.1 Å². The van der Waals surface area contributed by atoms with Crippen LogP contribution in [0, 0.1) is 22.7 Å². The van der Waals surface area contributed by atoms with Gasteiger partial charge in [-0.2, -0.15) is 5.26 Å². The van der Waals surface area contributed by atoms with Gasteiger partial charge in [-0.25, -0.2) is 19.6 Å². The van der Waals surface area contributed by atoms with Crippen LogP contribution in [-0.2, 0) is 14.2 Å². The lowest BCUT2D eigenvalue weighted by Gasteiger charge is -2.33. The van der Waals surface area contributed by atoms with E-state index in [1.54, 1.807) is 24.1 Å². The summed E-state index contributed by atoms with van der Waals surface area (Å²) in [7, 11) is 0. The molecule has 48 heavy (non-hydrogen) atoms. The Bertz CT molecular complexity index is 1630. The zero-order chi connectivity index (χ0) is 34.3. The maximum Gasteiger partial charge on any atom is 0.410 e. The molecule has 12 nitrogen and oxygen atoms in total. The van der Waals surface area contributed by atoms with Crippen LogP contribution in [0.5, 0.6) is 0 Å². The van der Waals surface area contributed by atoms with Crippen molar-refractivity contribution in [3.63, 3.8) is 0 Å². The molecule has 5 rings (SSSR count). The predicted octanol–water partition coefficient (Wildman–Crippen LogP) is 6.55. The van der Waals surface area contributed by atoms with Crippen LogP contribution in [-0.4, -0.2) is 77.3 Å². The number of carbonyl (C=O) groups excluding carboxylic acids is 2. The van der Waals surface area contributed by atoms with E-state index in [9.17, 15) is 20.3 Å². The molecule has 0 aliphatic carbocycles. The van der Waals surface area contributed by atoms with Crippen molar-refractivity contribution in [2.45, 2.75) is 65.1 Å². The van der Waals surface area contributed by atoms with Crippen molar-refractivity contribution in [3.8, 4) is 17.2 Å². The van der Waals surface area contributed by atoms with Crippen molar-refractivity contribution in [1.82, 2.24) is 14.9 Å². The third-order valence-corrected chi connectivity index (χ3v) is 8.21. The second-order valence-electron chi connectivity index (χ2n) is 12.9. The molecule has 0 spiro atoms. The minimum Gasteiger partial charge on any atom is -0.474 e. The van der Waals surface area contributed by atoms with Crippen LogP contribution in [0.15, 0.2) is 54.7 Å². The van der Waals surface area contributed by atoms with Gasteiger partial charge < -0.3 is 29.3 Å². The first-order valence-corrected chi connectivity index (χ1v) is 16.4. The van der Waals surface area contributed by atoms with E-state index in [1.807, 2.05) is 63.2 Å². The minimum absolute atomic E-state index is 0.0623. The van der Waals surface area contributed by atoms with Gasteiger partial charge in [-0.3, -0.25) is 5.41 Å². The molecule has 2 saturated heterocycles. The Kier molecular flexibility index (Phi) is 10.8. The number of anilines is 3. The summed E-state index contributed by atoms with van der Waals surface area (Å²) < 4.78 is 17.1. The van der Waals surface area contributed by atoms with Crippen molar-refractivity contribution in [1.29, 1.82) is 10.7 Å². The fourth-order valence-corrected chi connectivity index (χ4v) is 5.74. The summed E-state index contributed by atoms with van der Waals surface area (Å²) in [5, 5.41) is 21.8. The van der Waals surface area contributed by atoms with Crippen LogP contribution in [0.3, 0.4) is 0 Å². The Morgan fingerprint density at radius 2 is 1.75 bits per heavy atom. The van der Waals surface area contributed by atoms with Crippen LogP contribution < -0.4 is 10.2 Å². The summed E-state index contributed by atoms with van der Waals surface area (Å²) in [5.74, 6) is 0.410. The first-order chi connectivity index (χ1) is 23.0. The zero-order valence-corrected chi connectivity index (χ0v) is 28.0. The number of rotatable bonds is 8. The molecule has 2 fully saturated rings. The number of esters is 1. The molecule has 0 unspecified atom stereocenters. The SMILES string of the molecule is CCOC(=O)c1cc(-c2ccc(N3CCC(C#N)CC3)nc2)c(C(=N)OC2CCN(C(=O)OC(C)(C)C)CC2)c(Nc2ccccc2)n1. The number of aromatic nitrogens is 2. The number of nitriles is 1. The first-order valence-electron chi connectivity index (χ1n) is 16.4. The van der Waals surface area contributed by atoms with Gasteiger partial charge in [0.1, 0.15) is 23.3 Å². The largest absolute Gasteiger partial charge is 0.474 e. The fraction of sp³-hybridized carbons (Fsp3) is 0.444. The smallest absolute Gasteiger partial charge is 0.410 e. The minimum atomic E-state index is -0.590. The number of ether oxygens (including phenoxy) is 3. The number of hydrogen-bond acceptors (Lipinski definition) is 11. The molecule has 0 radical (unpaired) electrons. The quantitative estimate of drug-likeness (QED) is 0.155. The van der Waals surface area contributed by atoms with Crippen molar-refractivity contribution < 1.29 is 23.8 Å². The number of pyridine rings is 2. The lowest BCUT2D eigenvalue weighted by molar-refractivity contribution is 0.0115. The lowest BCUT2D eigenvalue weighted by Crippen LogP contribution is -2.43. The van der Waals surface area contributed by atoms with Gasteiger partial charge in [0, 0.05) is 67.9 Å². The number of amides is 1. The summed E-state index contributed by atoms with van der Waals surface area (Å²) in [6, 6.07) is 17.2. The van der Waals surface area contributed by atoms with Gasteiger partial charge >= 0.3 is 12.1 Å². The number of para-hydroxylation sites is 1. The molecule has 252 valence electrons. The molecule has 1 aromatic carbocycles. The molecule has 2 aliphatic heterocycles. The Balaban J connectivity index is 1.47. The topological polar surface area (TPSA) is 154 Å². The summed E-state index contributed by atoms with van der Waals surface area (Å²) in [6.07, 6.45) is 3.65. The maximum atomic E-state index is 13.0. The van der Waals surface area contributed by atoms with Crippen LogP contribution in [0.4, 0.5) is 22.1 Å². The van der Waals surface area contributed by atoms with Crippen LogP contribution in [0.1, 0.15) is 69.4 Å². The Labute approximate surface area is 281 Å². The molecule has 4 heterocycles. The predicted molar refractivity (Wildman–Crippen MR) is 182 cm³/mol. The van der Waals surface area contributed by atoms with Crippen molar-refractivity contribution in [2.75, 3.05) is 43.0 Å². The van der Waals surface area contributed by atoms with E-state index in [0.717, 1.165) is 31.7 Å². The van der Waals surface area contributed by atoms with Gasteiger partial charge in [-0.05, 0) is 70.9 Å². The number of nitrogens with one attached hydrogen (secondary N) is 2. The second kappa shape index (κ2) is 15.2. The number of hydrogen-bond donors (Lipinski definition) is 2. The normalized spacial score (nSPS) is 15.7. The molecular weight excluding hydrogens is 610 g/mol. The zero-order valence-electron chi connectivity index (χ0n) is 28.0. The highest BCUT2D eigenvalue weighted by Crippen LogP contribution is 2.34. The monoisotopic (exact) mass is 653 g/mol. The highest BCUT2D eigenvalue weighted by Gasteiger charge is 2.30. The van der Waals surface area contributed by atoms with E-state index >= 15 is 0 Å². The highest BCUT2D eigenvalue weighted by molar-refractivity contribution is 6.05. The van der Waals surface area contributed by atoms with Crippen molar-refractivity contribution in [3.05, 3.63) is 66.0 Å². The molecule has 2 aliphatic rings. The Hall–Kier alpha value is -5.18. The molecular formula is C36H43N7O5. The van der Waals surface area contributed by atoms with Gasteiger partial charge in [0.25, 0.3) is 0 Å². The van der Waals surface area contributed by atoms with E-state index in [4.69, 9.17) is 19.2 Å². The molecule has 0 bridgehead atoms. The summed E-state index contributed by atoms with van der Waals surface area (Å²) in [6.45, 7) is 9.78. The van der Waals surface area contributed by atoms with Crippen molar-refractivity contribution >= 4 is 35.3 Å². The van der Waals surface area contributed by atoms with Gasteiger partial charge in [0.15, 0.2) is 5.69 Å². The molecule has 2 aromatic heterocycles. The van der Waals surface area contributed by atoms with Gasteiger partial charge in [-0.15, -0.1) is 0 Å². The number of nitrogens with zero attached hydrogens (tertiary/aromatic N) is 5.